The fourth-order valence-electron chi connectivity index (χ4n) is 3.76. The van der Waals surface area contributed by atoms with E-state index in [-0.39, 0.29) is 23.8 Å². The number of ketones is 1. The number of nitrogens with one attached hydrogen (secondary N) is 2. The molecule has 0 saturated carbocycles. The van der Waals surface area contributed by atoms with Crippen LogP contribution in [0.2, 0.25) is 0 Å². The van der Waals surface area contributed by atoms with Crippen LogP contribution in [0, 0.1) is 0 Å². The molecule has 1 fully saturated rings. The Labute approximate surface area is 162 Å². The molecule has 27 heavy (non-hydrogen) atoms. The molecule has 1 amide bonds. The van der Waals surface area contributed by atoms with E-state index in [1.54, 1.807) is 0 Å². The Hall–Kier alpha value is -2.44. The maximum Gasteiger partial charge on any atom is 0.261 e. The zero-order chi connectivity index (χ0) is 18.8. The van der Waals surface area contributed by atoms with Crippen molar-refractivity contribution in [1.29, 1.82) is 0 Å². The minimum atomic E-state index is -0.168. The molecule has 0 aliphatic carbocycles. The van der Waals surface area contributed by atoms with Gasteiger partial charge in [-0.2, -0.15) is 0 Å². The molecule has 1 atom stereocenters. The van der Waals surface area contributed by atoms with Gasteiger partial charge in [0.25, 0.3) is 5.91 Å². The molecule has 140 valence electrons. The lowest BCUT2D eigenvalue weighted by atomic mass is 9.99. The predicted molar refractivity (Wildman–Crippen MR) is 108 cm³/mol. The second-order valence-corrected chi connectivity index (χ2v) is 8.00. The Bertz CT molecular complexity index is 939. The molecule has 0 spiro atoms. The summed E-state index contributed by atoms with van der Waals surface area (Å²) < 4.78 is 0. The normalized spacial score (nSPS) is 17.1. The van der Waals surface area contributed by atoms with Gasteiger partial charge in [0.05, 0.1) is 10.9 Å². The van der Waals surface area contributed by atoms with Crippen molar-refractivity contribution < 1.29 is 9.59 Å². The summed E-state index contributed by atoms with van der Waals surface area (Å²) in [6, 6.07) is 11.6. The number of amides is 1. The molecule has 1 aliphatic heterocycles. The van der Waals surface area contributed by atoms with E-state index in [0.29, 0.717) is 0 Å². The number of fused-ring (bicyclic) bond motifs is 1. The minimum absolute atomic E-state index is 0.00590. The Balaban J connectivity index is 1.36. The van der Waals surface area contributed by atoms with E-state index >= 15 is 0 Å². The zero-order valence-corrected chi connectivity index (χ0v) is 16.1. The highest BCUT2D eigenvalue weighted by Gasteiger charge is 2.29. The van der Waals surface area contributed by atoms with Crippen LogP contribution in [0.15, 0.2) is 48.0 Å². The average molecular weight is 382 g/mol. The third-order valence-electron chi connectivity index (χ3n) is 5.39. The van der Waals surface area contributed by atoms with Crippen molar-refractivity contribution in [2.24, 2.45) is 0 Å². The van der Waals surface area contributed by atoms with E-state index in [1.165, 1.54) is 11.3 Å². The number of rotatable bonds is 5. The van der Waals surface area contributed by atoms with Crippen LogP contribution < -0.4 is 5.32 Å². The van der Waals surface area contributed by atoms with Gasteiger partial charge in [0.1, 0.15) is 0 Å². The second-order valence-electron chi connectivity index (χ2n) is 7.05. The molecule has 3 aromatic rings. The molecule has 2 N–H and O–H groups in total. The van der Waals surface area contributed by atoms with Gasteiger partial charge in [-0.3, -0.25) is 14.5 Å². The number of benzene rings is 1. The SMILES string of the molecule is CC(C(=O)c1c[nH]c2ccccc12)N1CCC(NC(=O)c2cccs2)CC1. The second kappa shape index (κ2) is 7.66. The Morgan fingerprint density at radius 3 is 2.70 bits per heavy atom. The number of para-hydroxylation sites is 1. The standard InChI is InChI=1S/C21H23N3O2S/c1-14(20(25)17-13-22-18-6-3-2-5-16(17)18)24-10-8-15(9-11-24)23-21(26)19-7-4-12-27-19/h2-7,12-15,22H,8-11H2,1H3,(H,23,26). The highest BCUT2D eigenvalue weighted by atomic mass is 32.1. The first-order chi connectivity index (χ1) is 13.1. The van der Waals surface area contributed by atoms with E-state index in [4.69, 9.17) is 0 Å². The molecule has 6 heteroatoms. The average Bonchev–Trinajstić information content (AvgIpc) is 3.37. The van der Waals surface area contributed by atoms with Crippen LogP contribution in [0.4, 0.5) is 0 Å². The molecule has 5 nitrogen and oxygen atoms in total. The summed E-state index contributed by atoms with van der Waals surface area (Å²) in [5.74, 6) is 0.153. The number of thiophene rings is 1. The summed E-state index contributed by atoms with van der Waals surface area (Å²) in [6.45, 7) is 3.60. The van der Waals surface area contributed by atoms with E-state index in [1.807, 2.05) is 54.9 Å². The van der Waals surface area contributed by atoms with Gasteiger partial charge in [-0.25, -0.2) is 0 Å². The quantitative estimate of drug-likeness (QED) is 0.663. The summed E-state index contributed by atoms with van der Waals surface area (Å²) in [5, 5.41) is 6.01. The van der Waals surface area contributed by atoms with Crippen molar-refractivity contribution in [3.05, 3.63) is 58.4 Å². The fourth-order valence-corrected chi connectivity index (χ4v) is 4.39. The van der Waals surface area contributed by atoms with Crippen molar-refractivity contribution in [3.63, 3.8) is 0 Å². The Kier molecular flexibility index (Phi) is 5.09. The first-order valence-electron chi connectivity index (χ1n) is 9.32. The number of aromatic nitrogens is 1. The number of nitrogens with zero attached hydrogens (tertiary/aromatic N) is 1. The topological polar surface area (TPSA) is 65.2 Å². The molecular weight excluding hydrogens is 358 g/mol. The largest absolute Gasteiger partial charge is 0.360 e. The van der Waals surface area contributed by atoms with Crippen LogP contribution in [0.3, 0.4) is 0 Å². The first kappa shape index (κ1) is 17.9. The molecule has 3 heterocycles. The van der Waals surface area contributed by atoms with Crippen molar-refractivity contribution in [1.82, 2.24) is 15.2 Å². The van der Waals surface area contributed by atoms with Crippen LogP contribution in [-0.2, 0) is 0 Å². The monoisotopic (exact) mass is 381 g/mol. The molecule has 4 rings (SSSR count). The molecule has 1 unspecified atom stereocenters. The van der Waals surface area contributed by atoms with Crippen molar-refractivity contribution in [2.45, 2.75) is 31.8 Å². The Morgan fingerprint density at radius 2 is 1.96 bits per heavy atom. The first-order valence-corrected chi connectivity index (χ1v) is 10.2. The number of hydrogen-bond donors (Lipinski definition) is 2. The van der Waals surface area contributed by atoms with Crippen molar-refractivity contribution >= 4 is 33.9 Å². The highest BCUT2D eigenvalue weighted by molar-refractivity contribution is 7.12. The summed E-state index contributed by atoms with van der Waals surface area (Å²) in [6.07, 6.45) is 3.54. The van der Waals surface area contributed by atoms with Crippen LogP contribution in [-0.4, -0.2) is 46.7 Å². The zero-order valence-electron chi connectivity index (χ0n) is 15.3. The van der Waals surface area contributed by atoms with Crippen LogP contribution in [0.1, 0.15) is 39.8 Å². The van der Waals surface area contributed by atoms with E-state index in [0.717, 1.165) is 47.3 Å². The van der Waals surface area contributed by atoms with Crippen LogP contribution in [0.25, 0.3) is 10.9 Å². The van der Waals surface area contributed by atoms with Gasteiger partial charge in [0.15, 0.2) is 5.78 Å². The smallest absolute Gasteiger partial charge is 0.261 e. The van der Waals surface area contributed by atoms with E-state index < -0.39 is 0 Å². The number of likely N-dealkylation sites (tertiary alicyclic amines) is 1. The van der Waals surface area contributed by atoms with E-state index in [2.05, 4.69) is 15.2 Å². The summed E-state index contributed by atoms with van der Waals surface area (Å²) in [5.41, 5.74) is 1.74. The molecule has 2 aromatic heterocycles. The Morgan fingerprint density at radius 1 is 1.19 bits per heavy atom. The minimum Gasteiger partial charge on any atom is -0.360 e. The maximum absolute atomic E-state index is 13.0. The van der Waals surface area contributed by atoms with Gasteiger partial charge >= 0.3 is 0 Å². The molecular formula is C21H23N3O2S. The van der Waals surface area contributed by atoms with Gasteiger partial charge in [0, 0.05) is 41.8 Å². The van der Waals surface area contributed by atoms with Gasteiger partial charge in [-0.1, -0.05) is 24.3 Å². The lowest BCUT2D eigenvalue weighted by Crippen LogP contribution is -2.49. The van der Waals surface area contributed by atoms with Gasteiger partial charge in [-0.05, 0) is 37.3 Å². The highest BCUT2D eigenvalue weighted by Crippen LogP contribution is 2.22. The lowest BCUT2D eigenvalue weighted by molar-refractivity contribution is 0.0764. The third-order valence-corrected chi connectivity index (χ3v) is 6.26. The maximum atomic E-state index is 13.0. The van der Waals surface area contributed by atoms with Crippen LogP contribution in [0.5, 0.6) is 0 Å². The third kappa shape index (κ3) is 3.68. The number of piperidine rings is 1. The fraction of sp³-hybridized carbons (Fsp3) is 0.333. The van der Waals surface area contributed by atoms with E-state index in [9.17, 15) is 9.59 Å². The van der Waals surface area contributed by atoms with Gasteiger partial charge in [-0.15, -0.1) is 11.3 Å². The van der Waals surface area contributed by atoms with Crippen LogP contribution >= 0.6 is 11.3 Å². The van der Waals surface area contributed by atoms with Gasteiger partial charge in [0.2, 0.25) is 0 Å². The van der Waals surface area contributed by atoms with Crippen molar-refractivity contribution in [2.75, 3.05) is 13.1 Å². The molecule has 1 saturated heterocycles. The number of carbonyl (C=O) groups excluding carboxylic acids is 2. The molecule has 0 bridgehead atoms. The number of aromatic amines is 1. The van der Waals surface area contributed by atoms with Crippen molar-refractivity contribution in [3.8, 4) is 0 Å². The molecule has 0 radical (unpaired) electrons. The summed E-state index contributed by atoms with van der Waals surface area (Å²) in [7, 11) is 0. The predicted octanol–water partition coefficient (Wildman–Crippen LogP) is 3.70. The lowest BCUT2D eigenvalue weighted by Gasteiger charge is -2.35. The van der Waals surface area contributed by atoms with Gasteiger partial charge < -0.3 is 10.3 Å². The number of hydrogen-bond acceptors (Lipinski definition) is 4. The summed E-state index contributed by atoms with van der Waals surface area (Å²) in [4.78, 5) is 31.4. The number of H-pyrrole nitrogens is 1. The molecule has 1 aromatic carbocycles. The summed E-state index contributed by atoms with van der Waals surface area (Å²) >= 11 is 1.46. The molecule has 1 aliphatic rings. The number of Topliss-reactive ketones (excluding diaryl/α,β-unsaturated/α-hetero) is 1. The number of carbonyl (C=O) groups is 2.